The first kappa shape index (κ1) is 20.9. The number of piperidine rings is 1. The van der Waals surface area contributed by atoms with Crippen LogP contribution in [0.5, 0.6) is 0 Å². The number of carbonyl (C=O) groups is 2. The van der Waals surface area contributed by atoms with Gasteiger partial charge in [0.2, 0.25) is 0 Å². The molecule has 1 heterocycles. The van der Waals surface area contributed by atoms with Crippen LogP contribution in [0.3, 0.4) is 0 Å². The van der Waals surface area contributed by atoms with E-state index in [9.17, 15) is 9.59 Å². The van der Waals surface area contributed by atoms with Gasteiger partial charge in [0.1, 0.15) is 0 Å². The third-order valence-electron chi connectivity index (χ3n) is 3.56. The van der Waals surface area contributed by atoms with Gasteiger partial charge in [-0.3, -0.25) is 4.79 Å². The minimum atomic E-state index is -0.734. The third-order valence-corrected chi connectivity index (χ3v) is 3.56. The minimum Gasteiger partial charge on any atom is -0.653 e. The van der Waals surface area contributed by atoms with Gasteiger partial charge in [-0.15, -0.1) is 6.54 Å². The first-order valence-electron chi connectivity index (χ1n) is 5.93. The molecule has 4 nitrogen and oxygen atoms in total. The van der Waals surface area contributed by atoms with Crippen LogP contribution in [0.25, 0.3) is 5.32 Å². The van der Waals surface area contributed by atoms with Crippen molar-refractivity contribution in [3.63, 3.8) is 0 Å². The second-order valence-electron chi connectivity index (χ2n) is 4.82. The van der Waals surface area contributed by atoms with Crippen molar-refractivity contribution in [2.24, 2.45) is 17.8 Å². The molecule has 1 radical (unpaired) electrons. The summed E-state index contributed by atoms with van der Waals surface area (Å²) in [5, 5.41) is 12.7. The van der Waals surface area contributed by atoms with E-state index in [1.165, 1.54) is 0 Å². The summed E-state index contributed by atoms with van der Waals surface area (Å²) in [5.74, 6) is -0.443. The Hall–Kier alpha value is 0.576. The van der Waals surface area contributed by atoms with Gasteiger partial charge in [-0.1, -0.05) is 20.3 Å². The molecule has 3 unspecified atom stereocenters. The van der Waals surface area contributed by atoms with Crippen molar-refractivity contribution in [1.29, 1.82) is 0 Å². The molecule has 1 amide bonds. The van der Waals surface area contributed by atoms with E-state index in [4.69, 9.17) is 5.11 Å². The summed E-state index contributed by atoms with van der Waals surface area (Å²) in [6.07, 6.45) is 3.35. The number of carboxylic acid groups (broad SMARTS) is 1. The summed E-state index contributed by atoms with van der Waals surface area (Å²) >= 11 is 0. The van der Waals surface area contributed by atoms with Gasteiger partial charge in [-0.05, 0) is 31.1 Å². The van der Waals surface area contributed by atoms with Gasteiger partial charge < -0.3 is 15.2 Å². The van der Waals surface area contributed by atoms with E-state index in [-0.39, 0.29) is 67.4 Å². The van der Waals surface area contributed by atoms with Crippen molar-refractivity contribution < 1.29 is 64.4 Å². The van der Waals surface area contributed by atoms with Crippen LogP contribution in [-0.2, 0) is 28.1 Å². The molecule has 6 heteroatoms. The maximum atomic E-state index is 11.1. The number of carbonyl (C=O) groups excluding carboxylic acids is 1. The average Bonchev–Trinajstić information content (AvgIpc) is 2.24. The Morgan fingerprint density at radius 2 is 2.11 bits per heavy atom. The standard InChI is InChI=1S/C12H21NO3.U.V/c1-8(9(2)12(15)16)3-4-10-5-6-13-11(14)7-10;;/h8-10H,3-7H2,1-2H3,(H2,13,14,15,16);;/p-1. The van der Waals surface area contributed by atoms with E-state index in [1.54, 1.807) is 6.92 Å². The van der Waals surface area contributed by atoms with E-state index in [0.29, 0.717) is 18.9 Å². The van der Waals surface area contributed by atoms with E-state index in [0.717, 1.165) is 19.3 Å². The molecule has 3 atom stereocenters. The Balaban J connectivity index is 0. The Bertz CT molecular complexity index is 272. The molecule has 1 aliphatic rings. The summed E-state index contributed by atoms with van der Waals surface area (Å²) in [4.78, 5) is 21.9. The smallest absolute Gasteiger partial charge is 0.306 e. The molecule has 101 valence electrons. The summed E-state index contributed by atoms with van der Waals surface area (Å²) in [7, 11) is 0. The Morgan fingerprint density at radius 3 is 2.61 bits per heavy atom. The van der Waals surface area contributed by atoms with Crippen LogP contribution in [0.2, 0.25) is 0 Å². The fraction of sp³-hybridized carbons (Fsp3) is 0.833. The van der Waals surface area contributed by atoms with E-state index in [1.807, 2.05) is 6.92 Å². The van der Waals surface area contributed by atoms with Crippen LogP contribution >= 0.6 is 0 Å². The number of carboxylic acids is 1. The molecule has 0 aromatic carbocycles. The minimum absolute atomic E-state index is 0. The van der Waals surface area contributed by atoms with Crippen molar-refractivity contribution in [3.05, 3.63) is 5.32 Å². The monoisotopic (exact) mass is 515 g/mol. The average molecular weight is 515 g/mol. The Kier molecular flexibility index (Phi) is 12.0. The van der Waals surface area contributed by atoms with Crippen LogP contribution < -0.4 is 0 Å². The van der Waals surface area contributed by atoms with Crippen LogP contribution in [0.1, 0.15) is 39.5 Å². The summed E-state index contributed by atoms with van der Waals surface area (Å²) in [6.45, 7) is 4.36. The molecule has 0 aliphatic carbocycles. The molecule has 0 spiro atoms. The molecule has 0 bridgehead atoms. The fourth-order valence-electron chi connectivity index (χ4n) is 2.02. The van der Waals surface area contributed by atoms with E-state index in [2.05, 4.69) is 5.32 Å². The topological polar surface area (TPSA) is 68.5 Å². The quantitative estimate of drug-likeness (QED) is 0.612. The predicted octanol–water partition coefficient (Wildman–Crippen LogP) is 2.43. The number of rotatable bonds is 5. The Labute approximate surface area is 144 Å². The first-order valence-corrected chi connectivity index (χ1v) is 5.93. The molecule has 1 N–H and O–H groups in total. The molecule has 1 fully saturated rings. The van der Waals surface area contributed by atoms with Gasteiger partial charge in [0.25, 0.3) is 0 Å². The van der Waals surface area contributed by atoms with Crippen LogP contribution in [0, 0.1) is 48.9 Å². The van der Waals surface area contributed by atoms with Crippen LogP contribution in [0.4, 0.5) is 0 Å². The fourth-order valence-corrected chi connectivity index (χ4v) is 2.02. The molecule has 0 aromatic heterocycles. The molecular formula is C12H20NO3UV-. The second kappa shape index (κ2) is 10.4. The molecule has 18 heavy (non-hydrogen) atoms. The van der Waals surface area contributed by atoms with Crippen LogP contribution in [-0.4, -0.2) is 23.5 Å². The number of amides is 1. The largest absolute Gasteiger partial charge is 0.653 e. The van der Waals surface area contributed by atoms with Gasteiger partial charge in [0.15, 0.2) is 0 Å². The maximum Gasteiger partial charge on any atom is 0.306 e. The van der Waals surface area contributed by atoms with Crippen LogP contribution in [0.15, 0.2) is 0 Å². The number of aliphatic carboxylic acids is 1. The van der Waals surface area contributed by atoms with Crippen molar-refractivity contribution >= 4 is 11.9 Å². The first-order chi connectivity index (χ1) is 7.50. The molecule has 0 aromatic rings. The zero-order valence-corrected chi connectivity index (χ0v) is 16.5. The normalized spacial score (nSPS) is 21.9. The van der Waals surface area contributed by atoms with Crippen molar-refractivity contribution in [1.82, 2.24) is 0 Å². The van der Waals surface area contributed by atoms with Gasteiger partial charge in [0.05, 0.1) is 11.8 Å². The van der Waals surface area contributed by atoms with Gasteiger partial charge in [-0.25, -0.2) is 0 Å². The number of hydrogen-bond donors (Lipinski definition) is 1. The SMILES string of the molecule is CC(CCC1CC[N-]C(=O)C1)C(C)C(=O)O.[U].[V]. The molecular weight excluding hydrogens is 495 g/mol. The zero-order valence-electron chi connectivity index (χ0n) is 10.9. The van der Waals surface area contributed by atoms with Gasteiger partial charge >= 0.3 is 5.97 Å². The van der Waals surface area contributed by atoms with Gasteiger partial charge in [0, 0.05) is 49.7 Å². The summed E-state index contributed by atoms with van der Waals surface area (Å²) in [6, 6.07) is 0. The molecule has 0 saturated carbocycles. The number of hydrogen-bond acceptors (Lipinski definition) is 2. The summed E-state index contributed by atoms with van der Waals surface area (Å²) in [5.41, 5.74) is 0. The molecule has 1 rings (SSSR count). The zero-order chi connectivity index (χ0) is 12.1. The van der Waals surface area contributed by atoms with Crippen molar-refractivity contribution in [2.75, 3.05) is 6.54 Å². The van der Waals surface area contributed by atoms with E-state index < -0.39 is 5.97 Å². The molecule has 1 saturated heterocycles. The van der Waals surface area contributed by atoms with Crippen molar-refractivity contribution in [3.8, 4) is 0 Å². The predicted molar refractivity (Wildman–Crippen MR) is 61.2 cm³/mol. The van der Waals surface area contributed by atoms with Gasteiger partial charge in [-0.2, -0.15) is 0 Å². The Morgan fingerprint density at radius 1 is 1.50 bits per heavy atom. The van der Waals surface area contributed by atoms with E-state index >= 15 is 0 Å². The second-order valence-corrected chi connectivity index (χ2v) is 4.82. The maximum absolute atomic E-state index is 11.1. The molecule has 1 aliphatic heterocycles. The third kappa shape index (κ3) is 7.24. The number of nitrogens with zero attached hydrogens (tertiary/aromatic N) is 1. The summed E-state index contributed by atoms with van der Waals surface area (Å²) < 4.78 is 0. The van der Waals surface area contributed by atoms with Crippen molar-refractivity contribution in [2.45, 2.75) is 39.5 Å².